The van der Waals surface area contributed by atoms with Crippen LogP contribution in [0.15, 0.2) is 28.8 Å². The summed E-state index contributed by atoms with van der Waals surface area (Å²) >= 11 is 0. The number of aromatic nitrogens is 1. The minimum Gasteiger partial charge on any atom is -0.490 e. The lowest BCUT2D eigenvalue weighted by Crippen LogP contribution is -2.35. The number of hydrogen-bond donors (Lipinski definition) is 1. The highest BCUT2D eigenvalue weighted by molar-refractivity contribution is 5.70. The lowest BCUT2D eigenvalue weighted by molar-refractivity contribution is -0.143. The average Bonchev–Trinajstić information content (AvgIpc) is 3.48. The number of benzene rings is 1. The molecule has 0 bridgehead atoms. The molecular formula is C25H32N2O6. The molecule has 2 fully saturated rings. The number of rotatable bonds is 7. The molecule has 0 spiro atoms. The molecule has 2 aliphatic rings. The van der Waals surface area contributed by atoms with Gasteiger partial charge < -0.3 is 24.0 Å². The Morgan fingerprint density at radius 3 is 2.55 bits per heavy atom. The topological polar surface area (TPSA) is 102 Å². The summed E-state index contributed by atoms with van der Waals surface area (Å²) in [6, 6.07) is 7.74. The molecule has 0 radical (unpaired) electrons. The van der Waals surface area contributed by atoms with Crippen molar-refractivity contribution >= 4 is 12.1 Å². The van der Waals surface area contributed by atoms with Gasteiger partial charge in [-0.25, -0.2) is 4.79 Å². The molecule has 1 heterocycles. The van der Waals surface area contributed by atoms with Crippen LogP contribution in [-0.2, 0) is 16.1 Å². The van der Waals surface area contributed by atoms with E-state index in [2.05, 4.69) is 5.16 Å². The fourth-order valence-electron chi connectivity index (χ4n) is 4.82. The van der Waals surface area contributed by atoms with Gasteiger partial charge in [-0.1, -0.05) is 18.0 Å². The number of carbonyl (C=O) groups excluding carboxylic acids is 1. The quantitative estimate of drug-likeness (QED) is 0.612. The number of carbonyl (C=O) groups is 2. The van der Waals surface area contributed by atoms with E-state index in [9.17, 15) is 14.7 Å². The van der Waals surface area contributed by atoms with E-state index in [-0.39, 0.29) is 30.8 Å². The van der Waals surface area contributed by atoms with Crippen molar-refractivity contribution in [1.29, 1.82) is 0 Å². The van der Waals surface area contributed by atoms with E-state index < -0.39 is 5.97 Å². The molecule has 33 heavy (non-hydrogen) atoms. The van der Waals surface area contributed by atoms with E-state index in [4.69, 9.17) is 14.0 Å². The number of hydrogen-bond acceptors (Lipinski definition) is 6. The highest BCUT2D eigenvalue weighted by Crippen LogP contribution is 2.31. The summed E-state index contributed by atoms with van der Waals surface area (Å²) in [4.78, 5) is 25.5. The van der Waals surface area contributed by atoms with Gasteiger partial charge in [-0.3, -0.25) is 4.79 Å². The van der Waals surface area contributed by atoms with E-state index >= 15 is 0 Å². The van der Waals surface area contributed by atoms with Crippen molar-refractivity contribution < 1.29 is 28.7 Å². The summed E-state index contributed by atoms with van der Waals surface area (Å²) in [5.41, 5.74) is 2.22. The minimum absolute atomic E-state index is 0.0909. The summed E-state index contributed by atoms with van der Waals surface area (Å²) < 4.78 is 17.0. The van der Waals surface area contributed by atoms with Crippen molar-refractivity contribution in [3.8, 4) is 17.0 Å². The molecule has 8 heteroatoms. The first-order valence-electron chi connectivity index (χ1n) is 11.8. The van der Waals surface area contributed by atoms with Crippen molar-refractivity contribution in [2.24, 2.45) is 5.92 Å². The summed E-state index contributed by atoms with van der Waals surface area (Å²) in [5, 5.41) is 13.4. The Labute approximate surface area is 193 Å². The molecule has 8 nitrogen and oxygen atoms in total. The zero-order valence-corrected chi connectivity index (χ0v) is 19.3. The summed E-state index contributed by atoms with van der Waals surface area (Å²) in [7, 11) is 1.80. The normalized spacial score (nSPS) is 21.0. The zero-order valence-electron chi connectivity index (χ0n) is 19.3. The van der Waals surface area contributed by atoms with Gasteiger partial charge in [0.2, 0.25) is 0 Å². The van der Waals surface area contributed by atoms with Gasteiger partial charge in [0.1, 0.15) is 23.8 Å². The second kappa shape index (κ2) is 10.3. The van der Waals surface area contributed by atoms with Crippen molar-refractivity contribution in [2.45, 2.75) is 77.0 Å². The van der Waals surface area contributed by atoms with Crippen LogP contribution in [0.5, 0.6) is 5.75 Å². The van der Waals surface area contributed by atoms with E-state index in [1.54, 1.807) is 18.9 Å². The van der Waals surface area contributed by atoms with E-state index in [0.29, 0.717) is 30.0 Å². The Balaban J connectivity index is 1.38. The first-order chi connectivity index (χ1) is 15.9. The highest BCUT2D eigenvalue weighted by atomic mass is 16.6. The monoisotopic (exact) mass is 456 g/mol. The average molecular weight is 457 g/mol. The van der Waals surface area contributed by atoms with Gasteiger partial charge >= 0.3 is 12.1 Å². The van der Waals surface area contributed by atoms with E-state index in [1.807, 2.05) is 24.3 Å². The van der Waals surface area contributed by atoms with Crippen LogP contribution in [0.1, 0.15) is 62.7 Å². The number of nitrogens with zero attached hydrogens (tertiary/aromatic N) is 2. The van der Waals surface area contributed by atoms with Crippen molar-refractivity contribution in [3.05, 3.63) is 35.6 Å². The molecule has 1 aromatic heterocycles. The van der Waals surface area contributed by atoms with Crippen LogP contribution in [-0.4, -0.2) is 46.4 Å². The Bertz CT molecular complexity index is 964. The van der Waals surface area contributed by atoms with E-state index in [0.717, 1.165) is 49.7 Å². The van der Waals surface area contributed by atoms with Gasteiger partial charge in [-0.05, 0) is 69.7 Å². The van der Waals surface area contributed by atoms with Gasteiger partial charge in [0.05, 0.1) is 17.6 Å². The Kier molecular flexibility index (Phi) is 7.20. The Morgan fingerprint density at radius 2 is 1.85 bits per heavy atom. The fraction of sp³-hybridized carbons (Fsp3) is 0.560. The number of carboxylic acids is 1. The van der Waals surface area contributed by atoms with Crippen molar-refractivity contribution in [2.75, 3.05) is 7.05 Å². The molecule has 4 rings (SSSR count). The molecule has 2 atom stereocenters. The number of ether oxygens (including phenoxy) is 2. The molecule has 178 valence electrons. The van der Waals surface area contributed by atoms with Crippen LogP contribution in [0, 0.1) is 12.8 Å². The molecule has 2 aromatic rings. The Morgan fingerprint density at radius 1 is 1.12 bits per heavy atom. The van der Waals surface area contributed by atoms with Crippen LogP contribution < -0.4 is 4.74 Å². The van der Waals surface area contributed by atoms with Gasteiger partial charge in [0.15, 0.2) is 0 Å². The molecule has 1 aromatic carbocycles. The maximum atomic E-state index is 12.5. The van der Waals surface area contributed by atoms with Gasteiger partial charge in [0.25, 0.3) is 0 Å². The number of aryl methyl sites for hydroxylation is 1. The molecule has 0 unspecified atom stereocenters. The third kappa shape index (κ3) is 5.49. The molecule has 0 aliphatic heterocycles. The van der Waals surface area contributed by atoms with E-state index in [1.165, 1.54) is 0 Å². The van der Waals surface area contributed by atoms with Crippen molar-refractivity contribution in [1.82, 2.24) is 10.1 Å². The van der Waals surface area contributed by atoms with Gasteiger partial charge in [-0.15, -0.1) is 0 Å². The predicted octanol–water partition coefficient (Wildman–Crippen LogP) is 5.18. The third-order valence-corrected chi connectivity index (χ3v) is 6.89. The van der Waals surface area contributed by atoms with Crippen LogP contribution in [0.3, 0.4) is 0 Å². The van der Waals surface area contributed by atoms with Crippen LogP contribution in [0.4, 0.5) is 4.79 Å². The molecule has 2 saturated carbocycles. The standard InChI is InChI=1S/C25H32N2O6/c1-16-22(15-31-25(30)27(2)19-7-3-4-8-19)23(26-33-16)17-10-12-20(13-11-17)32-21-9-5-6-18(14-21)24(28)29/h10-13,18-19,21H,3-9,14-15H2,1-2H3,(H,28,29)/t18-,21-/m0/s1. The van der Waals surface area contributed by atoms with Crippen molar-refractivity contribution in [3.63, 3.8) is 0 Å². The van der Waals surface area contributed by atoms with Gasteiger partial charge in [0, 0.05) is 18.7 Å². The van der Waals surface area contributed by atoms with Crippen LogP contribution in [0.25, 0.3) is 11.3 Å². The maximum absolute atomic E-state index is 12.5. The number of carboxylic acid groups (broad SMARTS) is 1. The smallest absolute Gasteiger partial charge is 0.410 e. The lowest BCUT2D eigenvalue weighted by atomic mass is 9.87. The Hall–Kier alpha value is -3.03. The lowest BCUT2D eigenvalue weighted by Gasteiger charge is -2.27. The SMILES string of the molecule is Cc1onc(-c2ccc(O[C@H]3CCC[C@H](C(=O)O)C3)cc2)c1COC(=O)N(C)C1CCCC1. The molecular weight excluding hydrogens is 424 g/mol. The van der Waals surface area contributed by atoms with Crippen LogP contribution in [0.2, 0.25) is 0 Å². The second-order valence-electron chi connectivity index (χ2n) is 9.14. The van der Waals surface area contributed by atoms with Gasteiger partial charge in [-0.2, -0.15) is 0 Å². The summed E-state index contributed by atoms with van der Waals surface area (Å²) in [5.74, 6) is 0.228. The molecule has 1 N–H and O–H groups in total. The van der Waals surface area contributed by atoms with Crippen LogP contribution >= 0.6 is 0 Å². The maximum Gasteiger partial charge on any atom is 0.410 e. The molecule has 1 amide bonds. The summed E-state index contributed by atoms with van der Waals surface area (Å²) in [6.45, 7) is 1.90. The largest absolute Gasteiger partial charge is 0.490 e. The molecule has 2 aliphatic carbocycles. The first-order valence-corrected chi connectivity index (χ1v) is 11.8. The highest BCUT2D eigenvalue weighted by Gasteiger charge is 2.28. The number of amides is 1. The fourth-order valence-corrected chi connectivity index (χ4v) is 4.82. The first kappa shape index (κ1) is 23.1. The predicted molar refractivity (Wildman–Crippen MR) is 121 cm³/mol. The molecule has 0 saturated heterocycles. The third-order valence-electron chi connectivity index (χ3n) is 6.89. The minimum atomic E-state index is -0.747. The summed E-state index contributed by atoms with van der Waals surface area (Å²) in [6.07, 6.45) is 6.89. The zero-order chi connectivity index (χ0) is 23.4. The number of aliphatic carboxylic acids is 1. The second-order valence-corrected chi connectivity index (χ2v) is 9.14.